The van der Waals surface area contributed by atoms with Crippen molar-refractivity contribution in [3.05, 3.63) is 39.7 Å². The Balaban J connectivity index is 2.45. The second-order valence-electron chi connectivity index (χ2n) is 4.09. The number of hydrogen-bond acceptors (Lipinski definition) is 3. The van der Waals surface area contributed by atoms with Gasteiger partial charge in [-0.25, -0.2) is 13.2 Å². The zero-order valence-electron chi connectivity index (χ0n) is 8.62. The summed E-state index contributed by atoms with van der Waals surface area (Å²) in [5.74, 6) is -4.06. The summed E-state index contributed by atoms with van der Waals surface area (Å²) in [6.07, 6.45) is -0.523. The van der Waals surface area contributed by atoms with Crippen molar-refractivity contribution in [3.8, 4) is 0 Å². The second kappa shape index (κ2) is 3.43. The molecule has 1 aliphatic rings. The maximum Gasteiger partial charge on any atom is 0.272 e. The lowest BCUT2D eigenvalue weighted by atomic mass is 9.94. The summed E-state index contributed by atoms with van der Waals surface area (Å²) < 4.78 is 40.0. The van der Waals surface area contributed by atoms with Gasteiger partial charge in [-0.3, -0.25) is 10.1 Å². The van der Waals surface area contributed by atoms with Crippen molar-refractivity contribution in [2.24, 2.45) is 5.73 Å². The molecule has 2 N–H and O–H groups in total. The van der Waals surface area contributed by atoms with Crippen LogP contribution in [0, 0.1) is 15.9 Å². The van der Waals surface area contributed by atoms with Gasteiger partial charge >= 0.3 is 0 Å². The van der Waals surface area contributed by atoms with E-state index in [1.165, 1.54) is 0 Å². The highest BCUT2D eigenvalue weighted by atomic mass is 19.3. The smallest absolute Gasteiger partial charge is 0.272 e. The topological polar surface area (TPSA) is 69.2 Å². The molecule has 0 spiro atoms. The molecule has 1 aromatic carbocycles. The van der Waals surface area contributed by atoms with Crippen LogP contribution in [0.4, 0.5) is 18.9 Å². The molecule has 0 aliphatic heterocycles. The maximum atomic E-state index is 13.6. The number of nitrogens with two attached hydrogens (primary N) is 1. The summed E-state index contributed by atoms with van der Waals surface area (Å²) in [7, 11) is 0. The van der Waals surface area contributed by atoms with Crippen molar-refractivity contribution < 1.29 is 18.1 Å². The molecule has 17 heavy (non-hydrogen) atoms. The molecular weight excluding hydrogens is 237 g/mol. The molecule has 0 saturated heterocycles. The molecule has 0 heterocycles. The van der Waals surface area contributed by atoms with E-state index in [-0.39, 0.29) is 5.56 Å². The van der Waals surface area contributed by atoms with Crippen LogP contribution >= 0.6 is 0 Å². The lowest BCUT2D eigenvalue weighted by Crippen LogP contribution is -2.27. The summed E-state index contributed by atoms with van der Waals surface area (Å²) in [4.78, 5) is 9.61. The fourth-order valence-electron chi connectivity index (χ4n) is 1.96. The highest BCUT2D eigenvalue weighted by molar-refractivity contribution is 5.44. The van der Waals surface area contributed by atoms with Crippen LogP contribution < -0.4 is 5.73 Å². The van der Waals surface area contributed by atoms with Crippen LogP contribution in [0.3, 0.4) is 0 Å². The monoisotopic (exact) mass is 246 g/mol. The molecule has 0 bridgehead atoms. The Bertz CT molecular complexity index is 492. The third kappa shape index (κ3) is 1.57. The fourth-order valence-corrected chi connectivity index (χ4v) is 1.96. The highest BCUT2D eigenvalue weighted by Crippen LogP contribution is 2.61. The van der Waals surface area contributed by atoms with Crippen molar-refractivity contribution in [2.45, 2.75) is 17.8 Å². The zero-order valence-corrected chi connectivity index (χ0v) is 8.62. The van der Waals surface area contributed by atoms with E-state index in [1.54, 1.807) is 0 Å². The van der Waals surface area contributed by atoms with Crippen LogP contribution in [0.1, 0.15) is 12.0 Å². The third-order valence-electron chi connectivity index (χ3n) is 3.13. The average Bonchev–Trinajstić information content (AvgIpc) is 2.81. The molecule has 1 unspecified atom stereocenters. The lowest BCUT2D eigenvalue weighted by Gasteiger charge is -2.14. The number of nitrogens with zero attached hydrogens (tertiary/aromatic N) is 1. The summed E-state index contributed by atoms with van der Waals surface area (Å²) in [6.45, 7) is -0.394. The van der Waals surface area contributed by atoms with Crippen LogP contribution in [0.2, 0.25) is 0 Å². The molecule has 1 atom stereocenters. The summed E-state index contributed by atoms with van der Waals surface area (Å²) >= 11 is 0. The number of halogens is 3. The Hall–Kier alpha value is -1.63. The van der Waals surface area contributed by atoms with Gasteiger partial charge in [-0.15, -0.1) is 0 Å². The molecule has 1 fully saturated rings. The standard InChI is InChI=1S/C10H9F3N2O2/c11-8-3-6(15(16)17)1-2-7(8)9(5-14)4-10(9,12)13/h1-3H,4-5,14H2. The van der Waals surface area contributed by atoms with Crippen molar-refractivity contribution in [2.75, 3.05) is 6.54 Å². The minimum Gasteiger partial charge on any atom is -0.329 e. The molecule has 1 aromatic rings. The van der Waals surface area contributed by atoms with Crippen LogP contribution in [0.15, 0.2) is 18.2 Å². The molecule has 92 valence electrons. The second-order valence-corrected chi connectivity index (χ2v) is 4.09. The first-order chi connectivity index (χ1) is 7.84. The van der Waals surface area contributed by atoms with Gasteiger partial charge in [0.1, 0.15) is 5.82 Å². The van der Waals surface area contributed by atoms with Gasteiger partial charge in [-0.05, 0) is 6.07 Å². The minimum absolute atomic E-state index is 0.254. The predicted octanol–water partition coefficient (Wildman–Crippen LogP) is 1.97. The van der Waals surface area contributed by atoms with Gasteiger partial charge in [-0.1, -0.05) is 0 Å². The van der Waals surface area contributed by atoms with E-state index >= 15 is 0 Å². The predicted molar refractivity (Wildman–Crippen MR) is 53.4 cm³/mol. The molecule has 0 aromatic heterocycles. The van der Waals surface area contributed by atoms with Gasteiger partial charge in [0, 0.05) is 24.6 Å². The normalized spacial score (nSPS) is 25.6. The van der Waals surface area contributed by atoms with E-state index in [0.717, 1.165) is 12.1 Å². The Morgan fingerprint density at radius 1 is 1.47 bits per heavy atom. The number of nitro benzene ring substituents is 1. The average molecular weight is 246 g/mol. The maximum absolute atomic E-state index is 13.6. The van der Waals surface area contributed by atoms with Crippen LogP contribution in [0.5, 0.6) is 0 Å². The van der Waals surface area contributed by atoms with E-state index in [9.17, 15) is 23.3 Å². The Morgan fingerprint density at radius 2 is 2.06 bits per heavy atom. The summed E-state index contributed by atoms with van der Waals surface area (Å²) in [5.41, 5.74) is 2.84. The van der Waals surface area contributed by atoms with Crippen molar-refractivity contribution in [3.63, 3.8) is 0 Å². The van der Waals surface area contributed by atoms with Crippen LogP contribution in [-0.2, 0) is 5.41 Å². The number of rotatable bonds is 3. The molecule has 0 amide bonds. The van der Waals surface area contributed by atoms with Gasteiger partial charge in [0.25, 0.3) is 11.6 Å². The first kappa shape index (κ1) is 11.8. The first-order valence-electron chi connectivity index (χ1n) is 4.86. The fraction of sp³-hybridized carbons (Fsp3) is 0.400. The number of hydrogen-bond donors (Lipinski definition) is 1. The Labute approximate surface area is 94.4 Å². The summed E-state index contributed by atoms with van der Waals surface area (Å²) in [6, 6.07) is 2.66. The first-order valence-corrected chi connectivity index (χ1v) is 4.86. The largest absolute Gasteiger partial charge is 0.329 e. The molecular formula is C10H9F3N2O2. The SMILES string of the molecule is NCC1(c2ccc([N+](=O)[O-])cc2F)CC1(F)F. The summed E-state index contributed by atoms with van der Waals surface area (Å²) in [5, 5.41) is 10.4. The number of nitro groups is 1. The molecule has 4 nitrogen and oxygen atoms in total. The molecule has 1 aliphatic carbocycles. The van der Waals surface area contributed by atoms with Gasteiger partial charge in [0.05, 0.1) is 16.4 Å². The number of benzene rings is 1. The number of non-ortho nitro benzene ring substituents is 1. The van der Waals surface area contributed by atoms with Gasteiger partial charge in [-0.2, -0.15) is 0 Å². The molecule has 1 saturated carbocycles. The van der Waals surface area contributed by atoms with Gasteiger partial charge < -0.3 is 5.73 Å². The third-order valence-corrected chi connectivity index (χ3v) is 3.13. The van der Waals surface area contributed by atoms with Crippen LogP contribution in [0.25, 0.3) is 0 Å². The lowest BCUT2D eigenvalue weighted by molar-refractivity contribution is -0.385. The van der Waals surface area contributed by atoms with E-state index in [1.807, 2.05) is 0 Å². The quantitative estimate of drug-likeness (QED) is 0.654. The molecule has 0 radical (unpaired) electrons. The Morgan fingerprint density at radius 3 is 2.41 bits per heavy atom. The highest BCUT2D eigenvalue weighted by Gasteiger charge is 2.71. The minimum atomic E-state index is -3.04. The van der Waals surface area contributed by atoms with Gasteiger partial charge in [0.15, 0.2) is 0 Å². The molecule has 7 heteroatoms. The van der Waals surface area contributed by atoms with Crippen molar-refractivity contribution >= 4 is 5.69 Å². The van der Waals surface area contributed by atoms with E-state index < -0.39 is 40.7 Å². The van der Waals surface area contributed by atoms with E-state index in [0.29, 0.717) is 6.07 Å². The van der Waals surface area contributed by atoms with Gasteiger partial charge in [0.2, 0.25) is 0 Å². The van der Waals surface area contributed by atoms with E-state index in [4.69, 9.17) is 5.73 Å². The van der Waals surface area contributed by atoms with E-state index in [2.05, 4.69) is 0 Å². The van der Waals surface area contributed by atoms with Crippen molar-refractivity contribution in [1.82, 2.24) is 0 Å². The number of alkyl halides is 2. The molecule has 2 rings (SSSR count). The Kier molecular flexibility index (Phi) is 2.39. The van der Waals surface area contributed by atoms with Crippen LogP contribution in [-0.4, -0.2) is 17.4 Å². The zero-order chi connectivity index (χ0) is 12.8. The van der Waals surface area contributed by atoms with Crippen molar-refractivity contribution in [1.29, 1.82) is 0 Å².